The third-order valence-corrected chi connectivity index (χ3v) is 3.69. The van der Waals surface area contributed by atoms with Crippen LogP contribution in [0, 0.1) is 0 Å². The van der Waals surface area contributed by atoms with Crippen LogP contribution in [0.1, 0.15) is 34.1 Å². The first kappa shape index (κ1) is 11.8. The molecule has 3 heterocycles. The second-order valence-electron chi connectivity index (χ2n) is 4.01. The number of carbonyl (C=O) groups is 2. The minimum atomic E-state index is -0.573. The third-order valence-electron chi connectivity index (χ3n) is 2.95. The molecular formula is C11H12N2O4S. The summed E-state index contributed by atoms with van der Waals surface area (Å²) >= 11 is 1.36. The van der Waals surface area contributed by atoms with E-state index >= 15 is 0 Å². The van der Waals surface area contributed by atoms with Gasteiger partial charge in [0.1, 0.15) is 0 Å². The average molecular weight is 268 g/mol. The second kappa shape index (κ2) is 4.43. The van der Waals surface area contributed by atoms with Crippen LogP contribution in [0.25, 0.3) is 0 Å². The maximum atomic E-state index is 12.1. The van der Waals surface area contributed by atoms with Crippen molar-refractivity contribution >= 4 is 23.2 Å². The Labute approximate surface area is 108 Å². The number of amides is 2. The van der Waals surface area contributed by atoms with E-state index in [2.05, 4.69) is 0 Å². The van der Waals surface area contributed by atoms with Crippen LogP contribution in [0.4, 0.5) is 0 Å². The van der Waals surface area contributed by atoms with Gasteiger partial charge < -0.3 is 0 Å². The molecule has 1 aromatic rings. The van der Waals surface area contributed by atoms with Gasteiger partial charge in [-0.1, -0.05) is 5.23 Å². The molecule has 1 atom stereocenters. The van der Waals surface area contributed by atoms with Crippen LogP contribution in [0.2, 0.25) is 0 Å². The highest BCUT2D eigenvalue weighted by molar-refractivity contribution is 7.08. The minimum Gasteiger partial charge on any atom is -0.274 e. The number of imide groups is 1. The smallest absolute Gasteiger partial charge is 0.264 e. The van der Waals surface area contributed by atoms with Gasteiger partial charge in [-0.3, -0.25) is 14.4 Å². The van der Waals surface area contributed by atoms with E-state index in [0.29, 0.717) is 30.7 Å². The van der Waals surface area contributed by atoms with E-state index in [4.69, 9.17) is 9.68 Å². The molecule has 18 heavy (non-hydrogen) atoms. The molecule has 0 bridgehead atoms. The lowest BCUT2D eigenvalue weighted by molar-refractivity contribution is -0.422. The van der Waals surface area contributed by atoms with Gasteiger partial charge in [0.2, 0.25) is 0 Å². The van der Waals surface area contributed by atoms with E-state index in [1.807, 2.05) is 6.92 Å². The molecule has 96 valence electrons. The first-order valence-corrected chi connectivity index (χ1v) is 6.68. The standard InChI is InChI=1S/C11H12N2O4S/c1-2-12-16-4-3-9(17-12)13-10(14)7-5-18-6-8(7)11(13)15/h5-6,9H,2-4H2,1H3. The van der Waals surface area contributed by atoms with Crippen molar-refractivity contribution < 1.29 is 19.3 Å². The summed E-state index contributed by atoms with van der Waals surface area (Å²) in [4.78, 5) is 36.1. The lowest BCUT2D eigenvalue weighted by Crippen LogP contribution is -2.49. The van der Waals surface area contributed by atoms with Crippen LogP contribution in [0.5, 0.6) is 0 Å². The summed E-state index contributed by atoms with van der Waals surface area (Å²) in [6, 6.07) is 0. The van der Waals surface area contributed by atoms with Gasteiger partial charge >= 0.3 is 0 Å². The van der Waals surface area contributed by atoms with Crippen LogP contribution in [-0.4, -0.2) is 41.3 Å². The Morgan fingerprint density at radius 2 is 2.00 bits per heavy atom. The van der Waals surface area contributed by atoms with Crippen molar-refractivity contribution in [3.63, 3.8) is 0 Å². The van der Waals surface area contributed by atoms with Crippen LogP contribution in [-0.2, 0) is 9.68 Å². The fraction of sp³-hybridized carbons (Fsp3) is 0.455. The van der Waals surface area contributed by atoms with E-state index in [9.17, 15) is 9.59 Å². The highest BCUT2D eigenvalue weighted by atomic mass is 32.1. The van der Waals surface area contributed by atoms with Crippen molar-refractivity contribution in [1.82, 2.24) is 10.1 Å². The summed E-state index contributed by atoms with van der Waals surface area (Å²) in [6.07, 6.45) is -0.0853. The summed E-state index contributed by atoms with van der Waals surface area (Å²) in [6.45, 7) is 2.84. The Kier molecular flexibility index (Phi) is 2.90. The summed E-state index contributed by atoms with van der Waals surface area (Å²) in [5, 5.41) is 4.71. The highest BCUT2D eigenvalue weighted by Crippen LogP contribution is 2.30. The van der Waals surface area contributed by atoms with Crippen molar-refractivity contribution in [3.8, 4) is 0 Å². The van der Waals surface area contributed by atoms with E-state index in [1.54, 1.807) is 10.8 Å². The van der Waals surface area contributed by atoms with Crippen LogP contribution in [0.15, 0.2) is 10.8 Å². The lowest BCUT2D eigenvalue weighted by Gasteiger charge is -2.34. The van der Waals surface area contributed by atoms with Crippen molar-refractivity contribution in [2.24, 2.45) is 0 Å². The topological polar surface area (TPSA) is 59.1 Å². The molecule has 0 aromatic carbocycles. The number of rotatable bonds is 2. The summed E-state index contributed by atoms with van der Waals surface area (Å²) < 4.78 is 0. The van der Waals surface area contributed by atoms with Gasteiger partial charge in [-0.25, -0.2) is 9.74 Å². The normalized spacial score (nSPS) is 24.7. The molecule has 0 spiro atoms. The zero-order valence-corrected chi connectivity index (χ0v) is 10.6. The Morgan fingerprint density at radius 1 is 1.33 bits per heavy atom. The van der Waals surface area contributed by atoms with E-state index in [1.165, 1.54) is 21.5 Å². The Morgan fingerprint density at radius 3 is 2.61 bits per heavy atom. The number of nitrogens with zero attached hydrogens (tertiary/aromatic N) is 2. The molecule has 1 unspecified atom stereocenters. The fourth-order valence-corrected chi connectivity index (χ4v) is 2.85. The van der Waals surface area contributed by atoms with Crippen LogP contribution < -0.4 is 0 Å². The van der Waals surface area contributed by atoms with Gasteiger partial charge in [0.15, 0.2) is 6.23 Å². The van der Waals surface area contributed by atoms with Gasteiger partial charge in [-0.2, -0.15) is 11.3 Å². The monoisotopic (exact) mass is 268 g/mol. The molecule has 1 saturated heterocycles. The number of hydrogen-bond acceptors (Lipinski definition) is 6. The molecule has 0 saturated carbocycles. The molecule has 6 nitrogen and oxygen atoms in total. The van der Waals surface area contributed by atoms with Gasteiger partial charge in [0.05, 0.1) is 17.7 Å². The number of thiophene rings is 1. The average Bonchev–Trinajstić information content (AvgIpc) is 2.95. The van der Waals surface area contributed by atoms with Gasteiger partial charge in [0, 0.05) is 23.7 Å². The maximum absolute atomic E-state index is 12.1. The molecule has 2 aliphatic rings. The Hall–Kier alpha value is -1.28. The van der Waals surface area contributed by atoms with Gasteiger partial charge in [0.25, 0.3) is 11.8 Å². The SMILES string of the molecule is CCN1OCCC(N2C(=O)c3cscc3C2=O)O1. The lowest BCUT2D eigenvalue weighted by atomic mass is 10.2. The zero-order valence-electron chi connectivity index (χ0n) is 9.79. The number of fused-ring (bicyclic) bond motifs is 1. The highest BCUT2D eigenvalue weighted by Gasteiger charge is 2.43. The number of carbonyl (C=O) groups excluding carboxylic acids is 2. The molecule has 1 fully saturated rings. The minimum absolute atomic E-state index is 0.279. The van der Waals surface area contributed by atoms with E-state index in [0.717, 1.165) is 0 Å². The van der Waals surface area contributed by atoms with Crippen molar-refractivity contribution in [2.45, 2.75) is 19.6 Å². The molecule has 3 rings (SSSR count). The molecule has 7 heteroatoms. The Balaban J connectivity index is 1.84. The maximum Gasteiger partial charge on any atom is 0.264 e. The summed E-state index contributed by atoms with van der Waals surface area (Å²) in [5.41, 5.74) is 0.950. The summed E-state index contributed by atoms with van der Waals surface area (Å²) in [7, 11) is 0. The van der Waals surface area contributed by atoms with Gasteiger partial charge in [-0.15, -0.1) is 0 Å². The molecule has 2 aliphatic heterocycles. The first-order chi connectivity index (χ1) is 8.72. The molecule has 2 amide bonds. The largest absolute Gasteiger partial charge is 0.274 e. The van der Waals surface area contributed by atoms with Crippen molar-refractivity contribution in [2.75, 3.05) is 13.2 Å². The number of hydrogen-bond donors (Lipinski definition) is 0. The summed E-state index contributed by atoms with van der Waals surface area (Å²) in [5.74, 6) is -0.557. The molecule has 0 radical (unpaired) electrons. The van der Waals surface area contributed by atoms with E-state index < -0.39 is 6.23 Å². The van der Waals surface area contributed by atoms with Crippen LogP contribution in [0.3, 0.4) is 0 Å². The fourth-order valence-electron chi connectivity index (χ4n) is 2.06. The quantitative estimate of drug-likeness (QED) is 0.756. The van der Waals surface area contributed by atoms with E-state index in [-0.39, 0.29) is 11.8 Å². The van der Waals surface area contributed by atoms with Crippen molar-refractivity contribution in [3.05, 3.63) is 21.9 Å². The predicted octanol–water partition coefficient (Wildman–Crippen LogP) is 1.26. The van der Waals surface area contributed by atoms with Crippen molar-refractivity contribution in [1.29, 1.82) is 0 Å². The number of hydroxylamine groups is 2. The second-order valence-corrected chi connectivity index (χ2v) is 4.75. The predicted molar refractivity (Wildman–Crippen MR) is 62.6 cm³/mol. The van der Waals surface area contributed by atoms with Gasteiger partial charge in [-0.05, 0) is 6.92 Å². The first-order valence-electron chi connectivity index (χ1n) is 5.73. The van der Waals surface area contributed by atoms with Crippen LogP contribution >= 0.6 is 11.3 Å². The third kappa shape index (κ3) is 1.67. The Bertz CT molecular complexity index is 470. The molecule has 0 N–H and O–H groups in total. The molecule has 1 aromatic heterocycles. The zero-order chi connectivity index (χ0) is 12.7. The molecule has 0 aliphatic carbocycles. The molecular weight excluding hydrogens is 256 g/mol.